The maximum atomic E-state index is 12.2. The maximum absolute atomic E-state index is 12.2. The van der Waals surface area contributed by atoms with Gasteiger partial charge in [0.05, 0.1) is 11.4 Å². The Morgan fingerprint density at radius 3 is 2.54 bits per heavy atom. The number of nitrogens with zero attached hydrogens (tertiary/aromatic N) is 1. The Morgan fingerprint density at radius 2 is 1.96 bits per heavy atom. The lowest BCUT2D eigenvalue weighted by Gasteiger charge is -2.17. The fraction of sp³-hybridized carbons (Fsp3) is 0.533. The molecule has 0 saturated carbocycles. The van der Waals surface area contributed by atoms with Crippen molar-refractivity contribution in [1.29, 1.82) is 0 Å². The van der Waals surface area contributed by atoms with Gasteiger partial charge in [-0.2, -0.15) is 0 Å². The minimum absolute atomic E-state index is 0.255. The van der Waals surface area contributed by atoms with Crippen molar-refractivity contribution in [1.82, 2.24) is 14.9 Å². The lowest BCUT2D eigenvalue weighted by atomic mass is 10.1. The number of likely N-dealkylation sites (tertiary alicyclic amines) is 1. The van der Waals surface area contributed by atoms with Crippen molar-refractivity contribution in [2.75, 3.05) is 33.2 Å². The Labute approximate surface area is 149 Å². The quantitative estimate of drug-likeness (QED) is 0.717. The second-order valence-corrected chi connectivity index (χ2v) is 7.66. The summed E-state index contributed by atoms with van der Waals surface area (Å²) in [5.41, 5.74) is 0. The highest BCUT2D eigenvalue weighted by molar-refractivity contribution is 7.89. The van der Waals surface area contributed by atoms with Gasteiger partial charge in [-0.3, -0.25) is 4.79 Å². The minimum atomic E-state index is -4.86. The summed E-state index contributed by atoms with van der Waals surface area (Å²) >= 11 is 0. The van der Waals surface area contributed by atoms with Crippen LogP contribution < -0.4 is 14.8 Å². The zero-order chi connectivity index (χ0) is 19.4. The van der Waals surface area contributed by atoms with Crippen LogP contribution in [-0.4, -0.2) is 58.8 Å². The topological polar surface area (TPSA) is 87.7 Å². The molecule has 1 unspecified atom stereocenters. The van der Waals surface area contributed by atoms with Gasteiger partial charge in [-0.25, -0.2) is 13.1 Å². The maximum Gasteiger partial charge on any atom is 0.573 e. The predicted octanol–water partition coefficient (Wildman–Crippen LogP) is 0.931. The summed E-state index contributed by atoms with van der Waals surface area (Å²) in [6.07, 6.45) is -4.01. The van der Waals surface area contributed by atoms with E-state index in [0.717, 1.165) is 37.2 Å². The van der Waals surface area contributed by atoms with Crippen LogP contribution in [-0.2, 0) is 14.8 Å². The van der Waals surface area contributed by atoms with E-state index >= 15 is 0 Å². The molecule has 1 aromatic rings. The van der Waals surface area contributed by atoms with E-state index in [2.05, 4.69) is 14.8 Å². The third kappa shape index (κ3) is 5.85. The zero-order valence-corrected chi connectivity index (χ0v) is 14.9. The van der Waals surface area contributed by atoms with Crippen LogP contribution in [0.2, 0.25) is 0 Å². The van der Waals surface area contributed by atoms with Crippen LogP contribution >= 0.6 is 0 Å². The standard InChI is InChI=1S/C15H20F3N3O4S/c1-19-8-11-6-7-21(10-11)14(22)9-20-26(23,24)13-4-2-12(3-5-13)25-15(16,17)18/h2-5,11,19-20H,6-10H2,1H3. The van der Waals surface area contributed by atoms with Gasteiger partial charge >= 0.3 is 6.36 Å². The average Bonchev–Trinajstić information content (AvgIpc) is 3.01. The van der Waals surface area contributed by atoms with Gasteiger partial charge < -0.3 is 15.0 Å². The van der Waals surface area contributed by atoms with E-state index in [9.17, 15) is 26.4 Å². The summed E-state index contributed by atoms with van der Waals surface area (Å²) in [6, 6.07) is 3.75. The molecule has 1 fully saturated rings. The molecular formula is C15H20F3N3O4S. The molecule has 1 aromatic carbocycles. The summed E-state index contributed by atoms with van der Waals surface area (Å²) in [7, 11) is -2.19. The van der Waals surface area contributed by atoms with Gasteiger partial charge in [-0.15, -0.1) is 13.2 Å². The highest BCUT2D eigenvalue weighted by Crippen LogP contribution is 2.23. The number of sulfonamides is 1. The van der Waals surface area contributed by atoms with Crippen molar-refractivity contribution in [2.24, 2.45) is 5.92 Å². The largest absolute Gasteiger partial charge is 0.573 e. The zero-order valence-electron chi connectivity index (χ0n) is 14.0. The molecule has 0 spiro atoms. The molecule has 0 radical (unpaired) electrons. The van der Waals surface area contributed by atoms with Crippen LogP contribution in [0.4, 0.5) is 13.2 Å². The highest BCUT2D eigenvalue weighted by Gasteiger charge is 2.31. The number of nitrogens with one attached hydrogen (secondary N) is 2. The Hall–Kier alpha value is -1.85. The SMILES string of the molecule is CNCC1CCN(C(=O)CNS(=O)(=O)c2ccc(OC(F)(F)F)cc2)C1. The minimum Gasteiger partial charge on any atom is -0.406 e. The van der Waals surface area contributed by atoms with E-state index < -0.39 is 28.7 Å². The molecule has 1 aliphatic heterocycles. The smallest absolute Gasteiger partial charge is 0.406 e. The van der Waals surface area contributed by atoms with Crippen molar-refractivity contribution >= 4 is 15.9 Å². The summed E-state index contributed by atoms with van der Waals surface area (Å²) in [5, 5.41) is 3.04. The lowest BCUT2D eigenvalue weighted by Crippen LogP contribution is -2.39. The molecule has 0 bridgehead atoms. The first-order valence-electron chi connectivity index (χ1n) is 7.88. The van der Waals surface area contributed by atoms with E-state index in [1.807, 2.05) is 7.05 Å². The fourth-order valence-electron chi connectivity index (χ4n) is 2.69. The summed E-state index contributed by atoms with van der Waals surface area (Å²) in [6.45, 7) is 1.50. The number of amides is 1. The van der Waals surface area contributed by atoms with Gasteiger partial charge in [0.25, 0.3) is 0 Å². The lowest BCUT2D eigenvalue weighted by molar-refractivity contribution is -0.274. The third-order valence-corrected chi connectivity index (χ3v) is 5.33. The van der Waals surface area contributed by atoms with Crippen LogP contribution in [0, 0.1) is 5.92 Å². The first kappa shape index (κ1) is 20.5. The molecule has 0 aliphatic carbocycles. The Morgan fingerprint density at radius 1 is 1.31 bits per heavy atom. The molecule has 2 N–H and O–H groups in total. The molecule has 0 aromatic heterocycles. The first-order valence-corrected chi connectivity index (χ1v) is 9.37. The summed E-state index contributed by atoms with van der Waals surface area (Å²) < 4.78 is 66.5. The van der Waals surface area contributed by atoms with Crippen molar-refractivity contribution in [3.8, 4) is 5.75 Å². The molecule has 2 rings (SSSR count). The van der Waals surface area contributed by atoms with Crippen molar-refractivity contribution in [2.45, 2.75) is 17.7 Å². The monoisotopic (exact) mass is 395 g/mol. The number of rotatable bonds is 7. The number of hydrogen-bond donors (Lipinski definition) is 2. The molecule has 146 valence electrons. The normalized spacial score (nSPS) is 18.2. The number of hydrogen-bond acceptors (Lipinski definition) is 5. The van der Waals surface area contributed by atoms with Crippen molar-refractivity contribution in [3.63, 3.8) is 0 Å². The second-order valence-electron chi connectivity index (χ2n) is 5.90. The van der Waals surface area contributed by atoms with Gasteiger partial charge in [0.15, 0.2) is 0 Å². The number of benzene rings is 1. The van der Waals surface area contributed by atoms with Gasteiger partial charge in [-0.05, 0) is 50.2 Å². The van der Waals surface area contributed by atoms with E-state index in [0.29, 0.717) is 19.0 Å². The molecule has 26 heavy (non-hydrogen) atoms. The van der Waals surface area contributed by atoms with Crippen LogP contribution in [0.15, 0.2) is 29.2 Å². The molecular weight excluding hydrogens is 375 g/mol. The van der Waals surface area contributed by atoms with Gasteiger partial charge in [0.2, 0.25) is 15.9 Å². The number of ether oxygens (including phenoxy) is 1. The third-order valence-electron chi connectivity index (χ3n) is 3.91. The summed E-state index contributed by atoms with van der Waals surface area (Å²) in [4.78, 5) is 13.5. The number of alkyl halides is 3. The highest BCUT2D eigenvalue weighted by atomic mass is 32.2. The van der Waals surface area contributed by atoms with Crippen molar-refractivity contribution < 1.29 is 31.1 Å². The molecule has 1 aliphatic rings. The molecule has 1 heterocycles. The van der Waals surface area contributed by atoms with Gasteiger partial charge in [0, 0.05) is 13.1 Å². The first-order chi connectivity index (χ1) is 12.1. The molecule has 1 atom stereocenters. The molecule has 1 saturated heterocycles. The van der Waals surface area contributed by atoms with Gasteiger partial charge in [0.1, 0.15) is 5.75 Å². The van der Waals surface area contributed by atoms with Crippen molar-refractivity contribution in [3.05, 3.63) is 24.3 Å². The number of carbonyl (C=O) groups excluding carboxylic acids is 1. The Bertz CT molecular complexity index is 723. The van der Waals surface area contributed by atoms with Crippen LogP contribution in [0.5, 0.6) is 5.75 Å². The Balaban J connectivity index is 1.91. The number of halogens is 3. The van der Waals surface area contributed by atoms with Crippen LogP contribution in [0.25, 0.3) is 0 Å². The predicted molar refractivity (Wildman–Crippen MR) is 86.9 cm³/mol. The summed E-state index contributed by atoms with van der Waals surface area (Å²) in [5.74, 6) is -0.536. The van der Waals surface area contributed by atoms with Gasteiger partial charge in [-0.1, -0.05) is 0 Å². The number of carbonyl (C=O) groups is 1. The molecule has 1 amide bonds. The second kappa shape index (κ2) is 8.23. The molecule has 11 heteroatoms. The van der Waals surface area contributed by atoms with E-state index in [-0.39, 0.29) is 10.8 Å². The van der Waals surface area contributed by atoms with Crippen LogP contribution in [0.1, 0.15) is 6.42 Å². The Kier molecular flexibility index (Phi) is 6.48. The average molecular weight is 395 g/mol. The van der Waals surface area contributed by atoms with E-state index in [1.165, 1.54) is 0 Å². The molecule has 7 nitrogen and oxygen atoms in total. The van der Waals surface area contributed by atoms with E-state index in [4.69, 9.17) is 0 Å². The van der Waals surface area contributed by atoms with E-state index in [1.54, 1.807) is 4.90 Å². The fourth-order valence-corrected chi connectivity index (χ4v) is 3.66. The van der Waals surface area contributed by atoms with Crippen LogP contribution in [0.3, 0.4) is 0 Å².